The fraction of sp³-hybridized carbons (Fsp3) is 0.476. The molecule has 1 unspecified atom stereocenters. The number of nitrogens with one attached hydrogen (secondary N) is 1. The molecule has 1 aromatic carbocycles. The number of rotatable bonds is 8. The molecule has 1 atom stereocenters. The van der Waals surface area contributed by atoms with Crippen LogP contribution in [0.15, 0.2) is 35.5 Å². The summed E-state index contributed by atoms with van der Waals surface area (Å²) in [5.74, 6) is 1.17. The van der Waals surface area contributed by atoms with Gasteiger partial charge in [0.1, 0.15) is 5.75 Å². The van der Waals surface area contributed by atoms with Gasteiger partial charge < -0.3 is 10.1 Å². The van der Waals surface area contributed by atoms with E-state index >= 15 is 0 Å². The molecule has 0 radical (unpaired) electrons. The molecule has 0 saturated carbocycles. The van der Waals surface area contributed by atoms with Gasteiger partial charge in [-0.25, -0.2) is 9.97 Å². The van der Waals surface area contributed by atoms with Crippen LogP contribution in [0.4, 0.5) is 0 Å². The SMILES string of the molecule is COc1ccccc1C(CNC(=O)CSc1nc(C)cc(C)n1)N1CCCC1. The molecule has 0 spiro atoms. The Bertz CT molecular complexity index is 788. The number of aromatic nitrogens is 2. The van der Waals surface area contributed by atoms with Gasteiger partial charge in [-0.1, -0.05) is 30.0 Å². The number of methoxy groups -OCH3 is 1. The monoisotopic (exact) mass is 400 g/mol. The number of ether oxygens (including phenoxy) is 1. The Labute approximate surface area is 171 Å². The van der Waals surface area contributed by atoms with Crippen LogP contribution < -0.4 is 10.1 Å². The topological polar surface area (TPSA) is 67.3 Å². The van der Waals surface area contributed by atoms with Crippen molar-refractivity contribution >= 4 is 17.7 Å². The zero-order valence-corrected chi connectivity index (χ0v) is 17.6. The smallest absolute Gasteiger partial charge is 0.230 e. The molecule has 3 rings (SSSR count). The summed E-state index contributed by atoms with van der Waals surface area (Å²) < 4.78 is 5.56. The van der Waals surface area contributed by atoms with E-state index in [1.807, 2.05) is 38.1 Å². The number of carbonyl (C=O) groups is 1. The number of hydrogen-bond donors (Lipinski definition) is 1. The maximum absolute atomic E-state index is 12.5. The van der Waals surface area contributed by atoms with Crippen molar-refractivity contribution in [3.05, 3.63) is 47.3 Å². The van der Waals surface area contributed by atoms with E-state index < -0.39 is 0 Å². The molecule has 7 heteroatoms. The first-order chi connectivity index (χ1) is 13.6. The molecular formula is C21H28N4O2S. The van der Waals surface area contributed by atoms with Crippen LogP contribution in [-0.4, -0.2) is 53.3 Å². The van der Waals surface area contributed by atoms with Crippen LogP contribution in [0.2, 0.25) is 0 Å². The van der Waals surface area contributed by atoms with Crippen LogP contribution in [-0.2, 0) is 4.79 Å². The largest absolute Gasteiger partial charge is 0.496 e. The van der Waals surface area contributed by atoms with Crippen LogP contribution in [0.5, 0.6) is 5.75 Å². The third-order valence-corrected chi connectivity index (χ3v) is 5.71. The van der Waals surface area contributed by atoms with E-state index in [2.05, 4.69) is 26.3 Å². The van der Waals surface area contributed by atoms with Crippen molar-refractivity contribution in [2.24, 2.45) is 0 Å². The highest BCUT2D eigenvalue weighted by Gasteiger charge is 2.26. The fourth-order valence-corrected chi connectivity index (χ4v) is 4.36. The third-order valence-electron chi connectivity index (χ3n) is 4.87. The molecule has 1 aliphatic heterocycles. The van der Waals surface area contributed by atoms with Gasteiger partial charge in [-0.05, 0) is 51.9 Å². The standard InChI is InChI=1S/C21H28N4O2S/c1-15-12-16(2)24-21(23-15)28-14-20(26)22-13-18(25-10-6-7-11-25)17-8-4-5-9-19(17)27-3/h4-5,8-9,12,18H,6-7,10-11,13-14H2,1-3H3,(H,22,26). The summed E-state index contributed by atoms with van der Waals surface area (Å²) in [6, 6.07) is 10.1. The minimum atomic E-state index is -0.00754. The lowest BCUT2D eigenvalue weighted by atomic mass is 10.0. The zero-order valence-electron chi connectivity index (χ0n) is 16.8. The molecule has 2 aromatic rings. The zero-order chi connectivity index (χ0) is 19.9. The molecule has 0 aliphatic carbocycles. The van der Waals surface area contributed by atoms with Gasteiger partial charge in [0.25, 0.3) is 0 Å². The maximum Gasteiger partial charge on any atom is 0.230 e. The van der Waals surface area contributed by atoms with Gasteiger partial charge in [-0.15, -0.1) is 0 Å². The number of nitrogens with zero attached hydrogens (tertiary/aromatic N) is 3. The average Bonchev–Trinajstić information content (AvgIpc) is 3.20. The van der Waals surface area contributed by atoms with E-state index in [1.54, 1.807) is 7.11 Å². The molecule has 1 aliphatic rings. The van der Waals surface area contributed by atoms with E-state index in [4.69, 9.17) is 4.74 Å². The second kappa shape index (κ2) is 9.89. The number of aryl methyl sites for hydroxylation is 2. The molecule has 1 fully saturated rings. The quantitative estimate of drug-likeness (QED) is 0.542. The minimum absolute atomic E-state index is 0.00754. The maximum atomic E-state index is 12.5. The molecule has 6 nitrogen and oxygen atoms in total. The Hall–Kier alpha value is -2.12. The Kier molecular flexibility index (Phi) is 7.28. The molecule has 2 heterocycles. The van der Waals surface area contributed by atoms with Gasteiger partial charge in [0.15, 0.2) is 5.16 Å². The molecule has 150 valence electrons. The minimum Gasteiger partial charge on any atom is -0.496 e. The van der Waals surface area contributed by atoms with Crippen molar-refractivity contribution in [2.45, 2.75) is 37.9 Å². The van der Waals surface area contributed by atoms with Crippen LogP contribution >= 0.6 is 11.8 Å². The summed E-state index contributed by atoms with van der Waals surface area (Å²) in [7, 11) is 1.69. The Balaban J connectivity index is 1.62. The third kappa shape index (κ3) is 5.45. The molecule has 1 N–H and O–H groups in total. The number of benzene rings is 1. The van der Waals surface area contributed by atoms with Crippen LogP contribution in [0.25, 0.3) is 0 Å². The first-order valence-electron chi connectivity index (χ1n) is 9.65. The predicted molar refractivity (Wildman–Crippen MR) is 112 cm³/mol. The molecule has 1 aromatic heterocycles. The number of amides is 1. The summed E-state index contributed by atoms with van der Waals surface area (Å²) in [4.78, 5) is 23.6. The Morgan fingerprint density at radius 1 is 1.21 bits per heavy atom. The summed E-state index contributed by atoms with van der Waals surface area (Å²) in [5.41, 5.74) is 2.96. The Morgan fingerprint density at radius 2 is 1.89 bits per heavy atom. The fourth-order valence-electron chi connectivity index (χ4n) is 3.58. The van der Waals surface area contributed by atoms with E-state index in [-0.39, 0.29) is 11.9 Å². The van der Waals surface area contributed by atoms with E-state index in [0.29, 0.717) is 17.5 Å². The average molecular weight is 401 g/mol. The first kappa shape index (κ1) is 20.6. The second-order valence-corrected chi connectivity index (χ2v) is 7.97. The summed E-state index contributed by atoms with van der Waals surface area (Å²) >= 11 is 1.37. The van der Waals surface area contributed by atoms with Gasteiger partial charge in [0.05, 0.1) is 18.9 Å². The van der Waals surface area contributed by atoms with Gasteiger partial charge in [0, 0.05) is 23.5 Å². The van der Waals surface area contributed by atoms with Crippen LogP contribution in [0.3, 0.4) is 0 Å². The van der Waals surface area contributed by atoms with E-state index in [0.717, 1.165) is 35.8 Å². The van der Waals surface area contributed by atoms with Crippen molar-refractivity contribution in [3.8, 4) is 5.75 Å². The lowest BCUT2D eigenvalue weighted by Gasteiger charge is -2.29. The second-order valence-electron chi connectivity index (χ2n) is 7.03. The number of para-hydroxylation sites is 1. The number of carbonyl (C=O) groups excluding carboxylic acids is 1. The van der Waals surface area contributed by atoms with Gasteiger partial charge in [0.2, 0.25) is 5.91 Å². The normalized spacial score (nSPS) is 15.4. The van der Waals surface area contributed by atoms with Gasteiger partial charge in [-0.3, -0.25) is 9.69 Å². The summed E-state index contributed by atoms with van der Waals surface area (Å²) in [6.07, 6.45) is 2.39. The lowest BCUT2D eigenvalue weighted by molar-refractivity contribution is -0.118. The van der Waals surface area contributed by atoms with Crippen molar-refractivity contribution in [2.75, 3.05) is 32.5 Å². The van der Waals surface area contributed by atoms with E-state index in [9.17, 15) is 4.79 Å². The van der Waals surface area contributed by atoms with E-state index in [1.165, 1.54) is 24.6 Å². The number of thioether (sulfide) groups is 1. The molecule has 0 bridgehead atoms. The predicted octanol–water partition coefficient (Wildman–Crippen LogP) is 3.15. The highest BCUT2D eigenvalue weighted by Crippen LogP contribution is 2.31. The van der Waals surface area contributed by atoms with Gasteiger partial charge >= 0.3 is 0 Å². The van der Waals surface area contributed by atoms with Crippen molar-refractivity contribution in [1.82, 2.24) is 20.2 Å². The van der Waals surface area contributed by atoms with Crippen LogP contribution in [0.1, 0.15) is 35.8 Å². The Morgan fingerprint density at radius 3 is 2.57 bits per heavy atom. The highest BCUT2D eigenvalue weighted by atomic mass is 32.2. The summed E-state index contributed by atoms with van der Waals surface area (Å²) in [6.45, 7) is 6.53. The van der Waals surface area contributed by atoms with Gasteiger partial charge in [-0.2, -0.15) is 0 Å². The van der Waals surface area contributed by atoms with Crippen LogP contribution in [0, 0.1) is 13.8 Å². The molecular weight excluding hydrogens is 372 g/mol. The molecule has 28 heavy (non-hydrogen) atoms. The van der Waals surface area contributed by atoms with Crippen molar-refractivity contribution < 1.29 is 9.53 Å². The number of hydrogen-bond acceptors (Lipinski definition) is 6. The van der Waals surface area contributed by atoms with Crippen molar-refractivity contribution in [1.29, 1.82) is 0 Å². The molecule has 1 saturated heterocycles. The first-order valence-corrected chi connectivity index (χ1v) is 10.6. The number of likely N-dealkylation sites (tertiary alicyclic amines) is 1. The van der Waals surface area contributed by atoms with Crippen molar-refractivity contribution in [3.63, 3.8) is 0 Å². The highest BCUT2D eigenvalue weighted by molar-refractivity contribution is 7.99. The molecule has 1 amide bonds. The lowest BCUT2D eigenvalue weighted by Crippen LogP contribution is -2.37. The summed E-state index contributed by atoms with van der Waals surface area (Å²) in [5, 5.41) is 3.74.